The summed E-state index contributed by atoms with van der Waals surface area (Å²) in [5.41, 5.74) is 0. The Kier molecular flexibility index (Phi) is 6.94. The molecule has 0 aliphatic heterocycles. The molecule has 5 nitrogen and oxygen atoms in total. The summed E-state index contributed by atoms with van der Waals surface area (Å²) in [7, 11) is 6.49. The molecule has 0 radical (unpaired) electrons. The zero-order chi connectivity index (χ0) is 11.8. The van der Waals surface area contributed by atoms with Crippen LogP contribution < -0.4 is 0 Å². The molecule has 0 unspecified atom stereocenters. The molecular weight excluding hydrogens is 196 g/mol. The van der Waals surface area contributed by atoms with Gasteiger partial charge in [0, 0.05) is 14.2 Å². The van der Waals surface area contributed by atoms with E-state index < -0.39 is 0 Å². The van der Waals surface area contributed by atoms with Crippen molar-refractivity contribution >= 4 is 5.91 Å². The zero-order valence-electron chi connectivity index (χ0n) is 9.90. The second-order valence-corrected chi connectivity index (χ2v) is 3.25. The minimum atomic E-state index is -0.108. The quantitative estimate of drug-likeness (QED) is 0.448. The number of likely N-dealkylation sites (N-methyl/N-ethyl adjacent to an activating group) is 2. The van der Waals surface area contributed by atoms with Crippen LogP contribution in [-0.4, -0.2) is 63.4 Å². The minimum Gasteiger partial charge on any atom is -0.383 e. The van der Waals surface area contributed by atoms with Gasteiger partial charge >= 0.3 is 0 Å². The average Bonchev–Trinajstić information content (AvgIpc) is 2.24. The van der Waals surface area contributed by atoms with E-state index in [1.54, 1.807) is 20.2 Å². The van der Waals surface area contributed by atoms with Crippen LogP contribution in [0.1, 0.15) is 0 Å². The van der Waals surface area contributed by atoms with Crippen LogP contribution in [-0.2, 0) is 14.4 Å². The molecule has 5 heteroatoms. The van der Waals surface area contributed by atoms with Crippen molar-refractivity contribution in [2.45, 2.75) is 6.04 Å². The van der Waals surface area contributed by atoms with Gasteiger partial charge in [0.15, 0.2) is 0 Å². The Morgan fingerprint density at radius 3 is 2.47 bits per heavy atom. The molecule has 0 aromatic heterocycles. The van der Waals surface area contributed by atoms with Gasteiger partial charge in [-0.1, -0.05) is 6.08 Å². The van der Waals surface area contributed by atoms with Crippen molar-refractivity contribution in [1.82, 2.24) is 9.96 Å². The monoisotopic (exact) mass is 216 g/mol. The molecule has 88 valence electrons. The number of carbonyl (C=O) groups excluding carboxylic acids is 1. The summed E-state index contributed by atoms with van der Waals surface area (Å²) in [4.78, 5) is 18.1. The number of hydrogen-bond donors (Lipinski definition) is 0. The van der Waals surface area contributed by atoms with E-state index in [9.17, 15) is 4.79 Å². The maximum Gasteiger partial charge on any atom is 0.260 e. The first kappa shape index (κ1) is 14.1. The molecule has 0 aromatic carbocycles. The topological polar surface area (TPSA) is 42.0 Å². The molecule has 0 heterocycles. The predicted molar refractivity (Wildman–Crippen MR) is 58.3 cm³/mol. The molecule has 1 amide bonds. The van der Waals surface area contributed by atoms with E-state index in [1.807, 2.05) is 11.9 Å². The van der Waals surface area contributed by atoms with Gasteiger partial charge in [-0.3, -0.25) is 14.5 Å². The number of nitrogens with zero attached hydrogens (tertiary/aromatic N) is 2. The SMILES string of the molecule is C=C[C@@H](COC)N(C)CC(=O)N(C)OC. The van der Waals surface area contributed by atoms with Gasteiger partial charge in [0.25, 0.3) is 5.91 Å². The van der Waals surface area contributed by atoms with Crippen LogP contribution in [0.4, 0.5) is 0 Å². The highest BCUT2D eigenvalue weighted by molar-refractivity contribution is 5.76. The van der Waals surface area contributed by atoms with Gasteiger partial charge in [-0.25, -0.2) is 5.06 Å². The lowest BCUT2D eigenvalue weighted by atomic mass is 10.2. The van der Waals surface area contributed by atoms with E-state index in [2.05, 4.69) is 6.58 Å². The Labute approximate surface area is 91.2 Å². The molecule has 0 spiro atoms. The number of carbonyl (C=O) groups is 1. The molecule has 0 aromatic rings. The van der Waals surface area contributed by atoms with Crippen molar-refractivity contribution in [3.05, 3.63) is 12.7 Å². The van der Waals surface area contributed by atoms with E-state index in [4.69, 9.17) is 9.57 Å². The number of ether oxygens (including phenoxy) is 1. The van der Waals surface area contributed by atoms with Crippen LogP contribution in [0.5, 0.6) is 0 Å². The molecule has 0 bridgehead atoms. The molecule has 0 aliphatic carbocycles. The third kappa shape index (κ3) is 4.92. The number of rotatable bonds is 7. The van der Waals surface area contributed by atoms with Gasteiger partial charge < -0.3 is 4.74 Å². The lowest BCUT2D eigenvalue weighted by Gasteiger charge is -2.25. The summed E-state index contributed by atoms with van der Waals surface area (Å²) < 4.78 is 5.02. The smallest absolute Gasteiger partial charge is 0.260 e. The molecule has 0 aliphatic rings. The third-order valence-corrected chi connectivity index (χ3v) is 2.19. The van der Waals surface area contributed by atoms with Gasteiger partial charge in [-0.05, 0) is 7.05 Å². The molecule has 0 fully saturated rings. The minimum absolute atomic E-state index is 0.0317. The number of amides is 1. The lowest BCUT2D eigenvalue weighted by Crippen LogP contribution is -2.41. The Morgan fingerprint density at radius 2 is 2.07 bits per heavy atom. The van der Waals surface area contributed by atoms with Gasteiger partial charge in [-0.2, -0.15) is 0 Å². The molecule has 0 saturated carbocycles. The van der Waals surface area contributed by atoms with E-state index in [0.717, 1.165) is 0 Å². The van der Waals surface area contributed by atoms with E-state index in [-0.39, 0.29) is 18.5 Å². The Balaban J connectivity index is 4.14. The average molecular weight is 216 g/mol. The van der Waals surface area contributed by atoms with Crippen molar-refractivity contribution < 1.29 is 14.4 Å². The normalized spacial score (nSPS) is 12.6. The van der Waals surface area contributed by atoms with Crippen LogP contribution in [0.25, 0.3) is 0 Å². The molecular formula is C10H20N2O3. The van der Waals surface area contributed by atoms with E-state index in [0.29, 0.717) is 6.61 Å². The summed E-state index contributed by atoms with van der Waals surface area (Å²) in [6.07, 6.45) is 1.75. The second-order valence-electron chi connectivity index (χ2n) is 3.25. The Morgan fingerprint density at radius 1 is 1.47 bits per heavy atom. The highest BCUT2D eigenvalue weighted by Gasteiger charge is 2.16. The number of hydroxylamine groups is 2. The molecule has 0 rings (SSSR count). The van der Waals surface area contributed by atoms with Crippen molar-refractivity contribution in [3.63, 3.8) is 0 Å². The van der Waals surface area contributed by atoms with Crippen molar-refractivity contribution in [2.24, 2.45) is 0 Å². The fourth-order valence-electron chi connectivity index (χ4n) is 1.08. The van der Waals surface area contributed by atoms with Gasteiger partial charge in [0.1, 0.15) is 0 Å². The first-order valence-electron chi connectivity index (χ1n) is 4.69. The molecule has 1 atom stereocenters. The van der Waals surface area contributed by atoms with Gasteiger partial charge in [-0.15, -0.1) is 6.58 Å². The van der Waals surface area contributed by atoms with Gasteiger partial charge in [0.05, 0.1) is 26.3 Å². The standard InChI is InChI=1S/C10H20N2O3/c1-6-9(8-14-4)11(2)7-10(13)12(3)15-5/h6,9H,1,7-8H2,2-5H3/t9-/m0/s1. The molecule has 0 saturated heterocycles. The predicted octanol–water partition coefficient (Wildman–Crippen LogP) is 0.139. The van der Waals surface area contributed by atoms with Crippen LogP contribution >= 0.6 is 0 Å². The summed E-state index contributed by atoms with van der Waals surface area (Å²) in [6, 6.07) is 0.0317. The summed E-state index contributed by atoms with van der Waals surface area (Å²) >= 11 is 0. The number of hydrogen-bond acceptors (Lipinski definition) is 4. The summed E-state index contributed by atoms with van der Waals surface area (Å²) in [5, 5.41) is 1.20. The second kappa shape index (κ2) is 7.39. The maximum atomic E-state index is 11.5. The van der Waals surface area contributed by atoms with E-state index in [1.165, 1.54) is 12.2 Å². The van der Waals surface area contributed by atoms with Crippen LogP contribution in [0, 0.1) is 0 Å². The highest BCUT2D eigenvalue weighted by Crippen LogP contribution is 1.99. The Hall–Kier alpha value is -0.910. The summed E-state index contributed by atoms with van der Waals surface area (Å²) in [6.45, 7) is 4.48. The fourth-order valence-corrected chi connectivity index (χ4v) is 1.08. The highest BCUT2D eigenvalue weighted by atomic mass is 16.7. The number of methoxy groups -OCH3 is 1. The first-order chi connectivity index (χ1) is 7.06. The molecule has 0 N–H and O–H groups in total. The molecule has 15 heavy (non-hydrogen) atoms. The van der Waals surface area contributed by atoms with Crippen molar-refractivity contribution in [2.75, 3.05) is 41.5 Å². The van der Waals surface area contributed by atoms with Crippen LogP contribution in [0.3, 0.4) is 0 Å². The van der Waals surface area contributed by atoms with E-state index >= 15 is 0 Å². The summed E-state index contributed by atoms with van der Waals surface area (Å²) in [5.74, 6) is -0.108. The largest absolute Gasteiger partial charge is 0.383 e. The lowest BCUT2D eigenvalue weighted by molar-refractivity contribution is -0.169. The third-order valence-electron chi connectivity index (χ3n) is 2.19. The van der Waals surface area contributed by atoms with Gasteiger partial charge in [0.2, 0.25) is 0 Å². The van der Waals surface area contributed by atoms with Crippen LogP contribution in [0.2, 0.25) is 0 Å². The zero-order valence-corrected chi connectivity index (χ0v) is 9.90. The maximum absolute atomic E-state index is 11.5. The fraction of sp³-hybridized carbons (Fsp3) is 0.700. The van der Waals surface area contributed by atoms with Crippen molar-refractivity contribution in [1.29, 1.82) is 0 Å². The first-order valence-corrected chi connectivity index (χ1v) is 4.69. The van der Waals surface area contributed by atoms with Crippen LogP contribution in [0.15, 0.2) is 12.7 Å². The van der Waals surface area contributed by atoms with Crippen molar-refractivity contribution in [3.8, 4) is 0 Å². The Bertz CT molecular complexity index is 209.